The second-order valence-corrected chi connectivity index (χ2v) is 7.46. The van der Waals surface area contributed by atoms with Crippen molar-refractivity contribution >= 4 is 22.5 Å². The molecule has 4 rings (SSSR count). The van der Waals surface area contributed by atoms with Crippen LogP contribution in [0.25, 0.3) is 22.2 Å². The maximum absolute atomic E-state index is 12.8. The van der Waals surface area contributed by atoms with E-state index in [-0.39, 0.29) is 12.0 Å². The van der Waals surface area contributed by atoms with Crippen molar-refractivity contribution in [2.24, 2.45) is 0 Å². The smallest absolute Gasteiger partial charge is 0.257 e. The Hall–Kier alpha value is -2.97. The number of rotatable bonds is 6. The molecule has 1 aliphatic rings. The molecule has 152 valence electrons. The molecule has 0 unspecified atom stereocenters. The molecule has 29 heavy (non-hydrogen) atoms. The number of amides is 1. The van der Waals surface area contributed by atoms with E-state index in [1.165, 1.54) is 0 Å². The predicted octanol–water partition coefficient (Wildman–Crippen LogP) is 2.73. The van der Waals surface area contributed by atoms with Crippen LogP contribution in [0.5, 0.6) is 5.88 Å². The lowest BCUT2D eigenvalue weighted by Crippen LogP contribution is -2.46. The fraction of sp³-hybridized carbons (Fsp3) is 0.381. The molecule has 0 spiro atoms. The Balaban J connectivity index is 1.60. The average molecular weight is 395 g/mol. The first-order chi connectivity index (χ1) is 14.0. The third-order valence-electron chi connectivity index (χ3n) is 5.11. The van der Waals surface area contributed by atoms with Crippen LogP contribution in [-0.2, 0) is 9.53 Å². The highest BCUT2D eigenvalue weighted by molar-refractivity contribution is 6.01. The number of pyridine rings is 1. The van der Waals surface area contributed by atoms with Gasteiger partial charge in [-0.05, 0) is 51.1 Å². The van der Waals surface area contributed by atoms with E-state index in [1.807, 2.05) is 44.2 Å². The molecule has 0 bridgehead atoms. The van der Waals surface area contributed by atoms with Gasteiger partial charge in [-0.3, -0.25) is 9.89 Å². The lowest BCUT2D eigenvalue weighted by atomic mass is 10.0. The zero-order valence-corrected chi connectivity index (χ0v) is 16.8. The number of H-pyrrole nitrogens is 1. The molecule has 3 heterocycles. The number of benzene rings is 1. The van der Waals surface area contributed by atoms with E-state index in [2.05, 4.69) is 25.8 Å². The normalized spacial score (nSPS) is 19.0. The summed E-state index contributed by atoms with van der Waals surface area (Å²) in [7, 11) is 1.57. The van der Waals surface area contributed by atoms with Crippen molar-refractivity contribution in [3.8, 4) is 17.1 Å². The minimum Gasteiger partial charge on any atom is -0.475 e. The van der Waals surface area contributed by atoms with Crippen molar-refractivity contribution in [2.75, 3.05) is 25.5 Å². The summed E-state index contributed by atoms with van der Waals surface area (Å²) in [6.07, 6.45) is 2.45. The van der Waals surface area contributed by atoms with Gasteiger partial charge in [-0.1, -0.05) is 0 Å². The molecule has 1 amide bonds. The molecule has 8 heteroatoms. The highest BCUT2D eigenvalue weighted by atomic mass is 16.5. The van der Waals surface area contributed by atoms with Gasteiger partial charge in [-0.25, -0.2) is 4.98 Å². The second-order valence-electron chi connectivity index (χ2n) is 7.46. The molecule has 0 saturated carbocycles. The molecule has 1 aliphatic heterocycles. The van der Waals surface area contributed by atoms with Crippen molar-refractivity contribution in [1.82, 2.24) is 20.5 Å². The zero-order chi connectivity index (χ0) is 20.4. The maximum Gasteiger partial charge on any atom is 0.257 e. The van der Waals surface area contributed by atoms with Crippen LogP contribution in [0.4, 0.5) is 5.69 Å². The number of hydrogen-bond donors (Lipinski definition) is 3. The van der Waals surface area contributed by atoms with Crippen LogP contribution in [0.3, 0.4) is 0 Å². The largest absolute Gasteiger partial charge is 0.475 e. The van der Waals surface area contributed by atoms with E-state index in [9.17, 15) is 4.79 Å². The lowest BCUT2D eigenvalue weighted by molar-refractivity contribution is -0.135. The first kappa shape index (κ1) is 19.4. The summed E-state index contributed by atoms with van der Waals surface area (Å²) in [6.45, 7) is 5.19. The van der Waals surface area contributed by atoms with Crippen molar-refractivity contribution in [1.29, 1.82) is 0 Å². The van der Waals surface area contributed by atoms with E-state index in [1.54, 1.807) is 13.3 Å². The van der Waals surface area contributed by atoms with Crippen molar-refractivity contribution in [2.45, 2.75) is 32.0 Å². The van der Waals surface area contributed by atoms with Gasteiger partial charge in [-0.15, -0.1) is 0 Å². The van der Waals surface area contributed by atoms with Crippen LogP contribution in [0.1, 0.15) is 20.3 Å². The van der Waals surface area contributed by atoms with Gasteiger partial charge in [0.1, 0.15) is 5.69 Å². The number of aromatic nitrogens is 3. The standard InChI is InChI=1S/C21H25N5O3/c1-13(2)29-18-7-4-14(11-23-18)19-16-10-15(5-6-17(16)25-26-19)24-20(27)21(28-3)8-9-22-12-21/h4-7,10-11,13,22H,8-9,12H2,1-3H3,(H,24,27)(H,25,26)/t21-/m0/s1. The van der Waals surface area contributed by atoms with E-state index >= 15 is 0 Å². The highest BCUT2D eigenvalue weighted by Gasteiger charge is 2.41. The molecule has 2 aromatic heterocycles. The zero-order valence-electron chi connectivity index (χ0n) is 16.8. The third-order valence-corrected chi connectivity index (χ3v) is 5.11. The Morgan fingerprint density at radius 3 is 2.79 bits per heavy atom. The number of fused-ring (bicyclic) bond motifs is 1. The van der Waals surface area contributed by atoms with Gasteiger partial charge >= 0.3 is 0 Å². The average Bonchev–Trinajstić information content (AvgIpc) is 3.36. The van der Waals surface area contributed by atoms with Crippen LogP contribution >= 0.6 is 0 Å². The SMILES string of the molecule is CO[C@@]1(C(=O)Nc2ccc3[nH]nc(-c4ccc(OC(C)C)nc4)c3c2)CCNC1. The quantitative estimate of drug-likeness (QED) is 0.593. The number of ether oxygens (including phenoxy) is 2. The third kappa shape index (κ3) is 3.81. The number of nitrogens with one attached hydrogen (secondary N) is 3. The van der Waals surface area contributed by atoms with Crippen molar-refractivity contribution in [3.63, 3.8) is 0 Å². The van der Waals surface area contributed by atoms with Gasteiger partial charge in [0.25, 0.3) is 5.91 Å². The summed E-state index contributed by atoms with van der Waals surface area (Å²) in [5.74, 6) is 0.429. The Kier molecular flexibility index (Phi) is 5.21. The van der Waals surface area contributed by atoms with Crippen LogP contribution in [0.2, 0.25) is 0 Å². The Morgan fingerprint density at radius 1 is 1.28 bits per heavy atom. The Morgan fingerprint density at radius 2 is 2.14 bits per heavy atom. The topological polar surface area (TPSA) is 101 Å². The summed E-state index contributed by atoms with van der Waals surface area (Å²) in [6, 6.07) is 9.42. The van der Waals surface area contributed by atoms with Crippen LogP contribution in [0, 0.1) is 0 Å². The minimum atomic E-state index is -0.829. The van der Waals surface area contributed by atoms with Gasteiger partial charge in [0.2, 0.25) is 5.88 Å². The van der Waals surface area contributed by atoms with Crippen molar-refractivity contribution < 1.29 is 14.3 Å². The molecular formula is C21H25N5O3. The van der Waals surface area contributed by atoms with Gasteiger partial charge in [-0.2, -0.15) is 5.10 Å². The molecule has 0 radical (unpaired) electrons. The number of anilines is 1. The number of carbonyl (C=O) groups excluding carboxylic acids is 1. The van der Waals surface area contributed by atoms with Crippen LogP contribution in [0.15, 0.2) is 36.5 Å². The molecular weight excluding hydrogens is 370 g/mol. The fourth-order valence-electron chi connectivity index (χ4n) is 3.52. The number of aromatic amines is 1. The molecule has 0 aliphatic carbocycles. The maximum atomic E-state index is 12.8. The monoisotopic (exact) mass is 395 g/mol. The Bertz CT molecular complexity index is 1010. The number of carbonyl (C=O) groups is 1. The van der Waals surface area contributed by atoms with E-state index in [4.69, 9.17) is 9.47 Å². The van der Waals surface area contributed by atoms with Gasteiger partial charge in [0.15, 0.2) is 5.60 Å². The van der Waals surface area contributed by atoms with E-state index < -0.39 is 5.60 Å². The summed E-state index contributed by atoms with van der Waals surface area (Å²) in [5.41, 5.74) is 2.38. The molecule has 3 N–H and O–H groups in total. The number of nitrogens with zero attached hydrogens (tertiary/aromatic N) is 2. The summed E-state index contributed by atoms with van der Waals surface area (Å²) < 4.78 is 11.1. The molecule has 1 saturated heterocycles. The van der Waals surface area contributed by atoms with Crippen molar-refractivity contribution in [3.05, 3.63) is 36.5 Å². The summed E-state index contributed by atoms with van der Waals surface area (Å²) in [5, 5.41) is 14.5. The molecule has 3 aromatic rings. The molecule has 1 atom stereocenters. The summed E-state index contributed by atoms with van der Waals surface area (Å²) >= 11 is 0. The van der Waals surface area contributed by atoms with E-state index in [0.717, 1.165) is 28.7 Å². The molecule has 8 nitrogen and oxygen atoms in total. The van der Waals surface area contributed by atoms with Gasteiger partial charge < -0.3 is 20.1 Å². The Labute approximate surface area is 169 Å². The second kappa shape index (κ2) is 7.81. The van der Waals surface area contributed by atoms with E-state index in [0.29, 0.717) is 24.5 Å². The number of methoxy groups -OCH3 is 1. The predicted molar refractivity (Wildman–Crippen MR) is 111 cm³/mol. The number of hydrogen-bond acceptors (Lipinski definition) is 6. The first-order valence-electron chi connectivity index (χ1n) is 9.69. The summed E-state index contributed by atoms with van der Waals surface area (Å²) in [4.78, 5) is 17.2. The minimum absolute atomic E-state index is 0.0659. The lowest BCUT2D eigenvalue weighted by Gasteiger charge is -2.25. The highest BCUT2D eigenvalue weighted by Crippen LogP contribution is 2.30. The van der Waals surface area contributed by atoms with Crippen LogP contribution < -0.4 is 15.4 Å². The van der Waals surface area contributed by atoms with Crippen LogP contribution in [-0.4, -0.2) is 53.0 Å². The fourth-order valence-corrected chi connectivity index (χ4v) is 3.52. The molecule has 1 aromatic carbocycles. The first-order valence-corrected chi connectivity index (χ1v) is 9.69. The van der Waals surface area contributed by atoms with Gasteiger partial charge in [0.05, 0.1) is 11.6 Å². The van der Waals surface area contributed by atoms with Gasteiger partial charge in [0, 0.05) is 42.6 Å². The molecule has 1 fully saturated rings.